The highest BCUT2D eigenvalue weighted by Gasteiger charge is 2.50. The number of nitrogens with zero attached hydrogens (tertiary/aromatic N) is 4. The molecule has 0 spiro atoms. The van der Waals surface area contributed by atoms with Gasteiger partial charge in [0.2, 0.25) is 0 Å². The molecule has 0 N–H and O–H groups in total. The van der Waals surface area contributed by atoms with Crippen molar-refractivity contribution in [3.63, 3.8) is 0 Å². The Balaban J connectivity index is 0.973. The van der Waals surface area contributed by atoms with Crippen LogP contribution in [0.15, 0.2) is 291 Å². The Bertz CT molecular complexity index is 6240. The molecule has 5 heterocycles. The topological polar surface area (TPSA) is 23.9 Å². The predicted octanol–water partition coefficient (Wildman–Crippen LogP) is 25.7. The largest absolute Gasteiger partial charge is 0.458 e. The van der Waals surface area contributed by atoms with Crippen LogP contribution in [0.3, 0.4) is 0 Å². The van der Waals surface area contributed by atoms with Gasteiger partial charge in [-0.05, 0) is 194 Å². The molecule has 0 saturated carbocycles. The van der Waals surface area contributed by atoms with Gasteiger partial charge < -0.3 is 24.0 Å². The van der Waals surface area contributed by atoms with Crippen molar-refractivity contribution in [3.8, 4) is 61.7 Å². The number of fused-ring (bicyclic) bond motifs is 11. The van der Waals surface area contributed by atoms with E-state index in [4.69, 9.17) is 4.74 Å². The highest BCUT2D eigenvalue weighted by Crippen LogP contribution is 2.55. The Morgan fingerprint density at radius 2 is 0.583 bits per heavy atom. The summed E-state index contributed by atoms with van der Waals surface area (Å²) in [5.74, 6) is 1.72. The maximum Gasteiger partial charge on any atom is 0.256 e. The summed E-state index contributed by atoms with van der Waals surface area (Å²) < 4.78 is 10.7. The zero-order valence-corrected chi connectivity index (χ0v) is 70.1. The van der Waals surface area contributed by atoms with E-state index < -0.39 is 0 Å². The summed E-state index contributed by atoms with van der Waals surface area (Å²) in [7, 11) is 0. The second-order valence-corrected chi connectivity index (χ2v) is 39.0. The van der Waals surface area contributed by atoms with Crippen molar-refractivity contribution in [2.75, 3.05) is 14.7 Å². The molecule has 15 aromatic rings. The van der Waals surface area contributed by atoms with E-state index in [0.717, 1.165) is 112 Å². The van der Waals surface area contributed by atoms with E-state index in [1.165, 1.54) is 88.4 Å². The lowest BCUT2D eigenvalue weighted by Crippen LogP contribution is -2.64. The number of hydrogen-bond donors (Lipinski definition) is 0. The van der Waals surface area contributed by atoms with Gasteiger partial charge in [0.15, 0.2) is 0 Å². The first-order chi connectivity index (χ1) is 54.8. The second-order valence-electron chi connectivity index (χ2n) is 39.0. The highest BCUT2D eigenvalue weighted by atomic mass is 16.5. The van der Waals surface area contributed by atoms with Crippen LogP contribution in [0.4, 0.5) is 51.2 Å². The zero-order valence-electron chi connectivity index (χ0n) is 70.1. The second kappa shape index (κ2) is 26.4. The SMILES string of the molecule is CC(C)(C)c1ccc(N2c3cc(C(C)(C)C)ccc3B3c4cc5c(cc4N(c4c(-c6ccccc6)cccc4-c4ccccc4)c4cc(-n6c7ccc(C(C)(C)C)cc7c7cc(C(C)(C)C)ccc76)cc2c43)Oc2cc(C(C)(C)C)cc3c2B5c2ccc(C(C)(C)C)cc2N3c2c(-c3ccccc3)cccc2-c2ccccc2)cc1. The maximum atomic E-state index is 8.15. The molecule has 0 unspecified atom stereocenters. The molecule has 0 radical (unpaired) electrons. The molecular weight excluding hydrogens is 1390 g/mol. The van der Waals surface area contributed by atoms with Gasteiger partial charge in [-0.1, -0.05) is 337 Å². The van der Waals surface area contributed by atoms with Crippen molar-refractivity contribution in [2.24, 2.45) is 0 Å². The van der Waals surface area contributed by atoms with Crippen molar-refractivity contribution in [2.45, 2.75) is 157 Å². The highest BCUT2D eigenvalue weighted by molar-refractivity contribution is 7.02. The molecule has 115 heavy (non-hydrogen) atoms. The molecule has 0 bridgehead atoms. The lowest BCUT2D eigenvalue weighted by molar-refractivity contribution is 0.483. The van der Waals surface area contributed by atoms with E-state index in [1.54, 1.807) is 0 Å². The third-order valence-corrected chi connectivity index (χ3v) is 25.2. The molecule has 1 aromatic heterocycles. The molecule has 0 aliphatic carbocycles. The van der Waals surface area contributed by atoms with Crippen LogP contribution in [-0.4, -0.2) is 18.0 Å². The standard InChI is InChI=1S/C108H102B2N4O/c1-103(2,3)71-45-51-77(52-46-71)111-91-59-74(106(10,11)12)47-53-85(91)109-87-65-88-97(115-98-62-76(108(16,17)18)61-94-100(98)110(88)86-54-48-75(107(13,14)15)60-92(86)113(94)101-79(67-33-23-19-24-34-67)41-31-42-80(101)68-35-25-20-26-36-68)66-93(87)114(102-81(69-37-27-21-28-38-69)43-32-44-82(102)70-39-29-22-30-40-70)96-64-78(63-95(111)99(96)109)112-89-55-49-72(104(4,5)6)57-83(89)84-58-73(105(7,8)9)50-56-90(84)112/h19-66H,1-18H3. The molecule has 5 nitrogen and oxygen atoms in total. The van der Waals surface area contributed by atoms with E-state index >= 15 is 0 Å². The van der Waals surface area contributed by atoms with Crippen LogP contribution in [-0.2, 0) is 32.5 Å². The van der Waals surface area contributed by atoms with Crippen LogP contribution < -0.4 is 52.2 Å². The van der Waals surface area contributed by atoms with Crippen molar-refractivity contribution < 1.29 is 4.74 Å². The summed E-state index contributed by atoms with van der Waals surface area (Å²) in [5, 5.41) is 2.49. The van der Waals surface area contributed by atoms with Crippen LogP contribution in [0, 0.1) is 0 Å². The lowest BCUT2D eigenvalue weighted by atomic mass is 9.30. The lowest BCUT2D eigenvalue weighted by Gasteiger charge is -2.47. The van der Waals surface area contributed by atoms with E-state index in [9.17, 15) is 0 Å². The Morgan fingerprint density at radius 3 is 1.00 bits per heavy atom. The van der Waals surface area contributed by atoms with Gasteiger partial charge >= 0.3 is 0 Å². The molecule has 0 amide bonds. The quantitative estimate of drug-likeness (QED) is 0.142. The van der Waals surface area contributed by atoms with Gasteiger partial charge in [-0.25, -0.2) is 0 Å². The minimum absolute atomic E-state index is 0.0756. The summed E-state index contributed by atoms with van der Waals surface area (Å²) in [6.45, 7) is 41.7. The molecule has 4 aliphatic rings. The number of aromatic nitrogens is 1. The monoisotopic (exact) mass is 1490 g/mol. The third-order valence-electron chi connectivity index (χ3n) is 25.2. The fourth-order valence-corrected chi connectivity index (χ4v) is 18.8. The molecule has 4 aliphatic heterocycles. The predicted molar refractivity (Wildman–Crippen MR) is 495 cm³/mol. The van der Waals surface area contributed by atoms with Crippen molar-refractivity contribution in [1.29, 1.82) is 0 Å². The number of hydrogen-bond acceptors (Lipinski definition) is 4. The van der Waals surface area contributed by atoms with E-state index in [0.29, 0.717) is 0 Å². The van der Waals surface area contributed by atoms with Gasteiger partial charge in [0.05, 0.1) is 28.1 Å². The number of rotatable bonds is 8. The fraction of sp³-hybridized carbons (Fsp3) is 0.222. The average Bonchev–Trinajstić information content (AvgIpc) is 0.924. The summed E-state index contributed by atoms with van der Waals surface area (Å²) >= 11 is 0. The minimum Gasteiger partial charge on any atom is -0.458 e. The van der Waals surface area contributed by atoms with Gasteiger partial charge in [0.25, 0.3) is 13.4 Å². The minimum atomic E-state index is -0.284. The van der Waals surface area contributed by atoms with Crippen LogP contribution in [0.25, 0.3) is 72.0 Å². The molecule has 14 aromatic carbocycles. The first kappa shape index (κ1) is 73.4. The summed E-state index contributed by atoms with van der Waals surface area (Å²) in [5.41, 5.74) is 36.6. The summed E-state index contributed by atoms with van der Waals surface area (Å²) in [6.07, 6.45) is 0. The van der Waals surface area contributed by atoms with Crippen LogP contribution in [0.1, 0.15) is 158 Å². The number of para-hydroxylation sites is 2. The normalized spacial score (nSPS) is 13.8. The molecule has 566 valence electrons. The van der Waals surface area contributed by atoms with Gasteiger partial charge in [-0.15, -0.1) is 0 Å². The maximum absolute atomic E-state index is 8.15. The van der Waals surface area contributed by atoms with E-state index in [-0.39, 0.29) is 45.9 Å². The van der Waals surface area contributed by atoms with E-state index in [2.05, 4.69) is 435 Å². The van der Waals surface area contributed by atoms with Crippen molar-refractivity contribution >= 4 is 119 Å². The van der Waals surface area contributed by atoms with Crippen LogP contribution in [0.5, 0.6) is 11.5 Å². The Labute approximate surface area is 682 Å². The number of anilines is 9. The first-order valence-electron chi connectivity index (χ1n) is 41.4. The Kier molecular flexibility index (Phi) is 16.8. The number of benzene rings is 14. The molecular formula is C108H102B2N4O. The molecule has 0 fully saturated rings. The molecule has 19 rings (SSSR count). The Hall–Kier alpha value is -11.8. The number of ether oxygens (including phenoxy) is 1. The first-order valence-corrected chi connectivity index (χ1v) is 41.4. The summed E-state index contributed by atoms with van der Waals surface area (Å²) in [6, 6.07) is 112. The van der Waals surface area contributed by atoms with Gasteiger partial charge in [-0.3, -0.25) is 0 Å². The molecule has 7 heteroatoms. The van der Waals surface area contributed by atoms with Crippen molar-refractivity contribution in [1.82, 2.24) is 4.57 Å². The van der Waals surface area contributed by atoms with Crippen LogP contribution >= 0.6 is 0 Å². The van der Waals surface area contributed by atoms with Gasteiger partial charge in [0.1, 0.15) is 11.5 Å². The zero-order chi connectivity index (χ0) is 79.9. The van der Waals surface area contributed by atoms with Gasteiger partial charge in [0, 0.05) is 78.9 Å². The fourth-order valence-electron chi connectivity index (χ4n) is 18.8. The van der Waals surface area contributed by atoms with Crippen molar-refractivity contribution in [3.05, 3.63) is 325 Å². The molecule has 0 atom stereocenters. The van der Waals surface area contributed by atoms with Crippen LogP contribution in [0.2, 0.25) is 0 Å². The Morgan fingerprint density at radius 1 is 0.235 bits per heavy atom. The third kappa shape index (κ3) is 12.2. The molecule has 0 saturated heterocycles. The van der Waals surface area contributed by atoms with E-state index in [1.807, 2.05) is 0 Å². The average molecular weight is 1490 g/mol. The smallest absolute Gasteiger partial charge is 0.256 e. The summed E-state index contributed by atoms with van der Waals surface area (Å²) in [4.78, 5) is 8.00. The van der Waals surface area contributed by atoms with Gasteiger partial charge in [-0.2, -0.15) is 0 Å².